The number of allylic oxidation sites excluding steroid dienone is 2. The van der Waals surface area contributed by atoms with Crippen LogP contribution >= 0.6 is 0 Å². The van der Waals surface area contributed by atoms with Gasteiger partial charge in [0.15, 0.2) is 0 Å². The van der Waals surface area contributed by atoms with E-state index in [9.17, 15) is 15.0 Å². The molecule has 2 N–H and O–H groups in total. The molecule has 3 nitrogen and oxygen atoms in total. The largest absolute Gasteiger partial charge is 0.481 e. The van der Waals surface area contributed by atoms with Gasteiger partial charge in [-0.1, -0.05) is 26.0 Å². The second kappa shape index (κ2) is 4.59. The van der Waals surface area contributed by atoms with Crippen LogP contribution in [0, 0.1) is 28.6 Å². The predicted octanol–water partition coefficient (Wildman–Crippen LogP) is 3.23. The SMILES string of the molecule is CC(C)(C1CCC(O)CC1)C1(C(=O)O)CC2C=CC1C2. The summed E-state index contributed by atoms with van der Waals surface area (Å²) in [5.41, 5.74) is -0.803. The number of hydrogen-bond acceptors (Lipinski definition) is 2. The predicted molar refractivity (Wildman–Crippen MR) is 77.2 cm³/mol. The van der Waals surface area contributed by atoms with Gasteiger partial charge in [0.2, 0.25) is 0 Å². The fourth-order valence-electron chi connectivity index (χ4n) is 5.28. The van der Waals surface area contributed by atoms with Gasteiger partial charge in [-0.15, -0.1) is 0 Å². The lowest BCUT2D eigenvalue weighted by Crippen LogP contribution is -2.52. The van der Waals surface area contributed by atoms with Gasteiger partial charge >= 0.3 is 5.97 Å². The Morgan fingerprint density at radius 2 is 1.85 bits per heavy atom. The summed E-state index contributed by atoms with van der Waals surface area (Å²) in [6.07, 6.45) is 9.59. The molecule has 0 aromatic carbocycles. The number of carboxylic acids is 1. The van der Waals surface area contributed by atoms with Gasteiger partial charge in [0, 0.05) is 0 Å². The first-order chi connectivity index (χ1) is 9.38. The third-order valence-electron chi connectivity index (χ3n) is 6.64. The molecule has 0 aliphatic heterocycles. The number of hydrogen-bond donors (Lipinski definition) is 2. The van der Waals surface area contributed by atoms with Gasteiger partial charge in [-0.3, -0.25) is 4.79 Å². The molecule has 0 spiro atoms. The van der Waals surface area contributed by atoms with Gasteiger partial charge in [0.1, 0.15) is 0 Å². The highest BCUT2D eigenvalue weighted by molar-refractivity contribution is 5.78. The number of carbonyl (C=O) groups is 1. The summed E-state index contributed by atoms with van der Waals surface area (Å²) in [5, 5.41) is 19.7. The molecule has 2 bridgehead atoms. The van der Waals surface area contributed by atoms with Crippen molar-refractivity contribution in [1.29, 1.82) is 0 Å². The number of carboxylic acid groups (broad SMARTS) is 1. The Morgan fingerprint density at radius 3 is 2.30 bits per heavy atom. The highest BCUT2D eigenvalue weighted by Gasteiger charge is 2.63. The lowest BCUT2D eigenvalue weighted by Gasteiger charge is -2.51. The smallest absolute Gasteiger partial charge is 0.310 e. The number of aliphatic carboxylic acids is 1. The zero-order valence-electron chi connectivity index (χ0n) is 12.5. The van der Waals surface area contributed by atoms with Crippen LogP contribution in [0.1, 0.15) is 52.4 Å². The van der Waals surface area contributed by atoms with Gasteiger partial charge in [-0.25, -0.2) is 0 Å². The molecular weight excluding hydrogens is 252 g/mol. The van der Waals surface area contributed by atoms with Crippen molar-refractivity contribution in [3.63, 3.8) is 0 Å². The minimum Gasteiger partial charge on any atom is -0.481 e. The molecule has 0 saturated heterocycles. The van der Waals surface area contributed by atoms with E-state index in [4.69, 9.17) is 0 Å². The van der Waals surface area contributed by atoms with Crippen LogP contribution in [0.4, 0.5) is 0 Å². The Hall–Kier alpha value is -0.830. The Kier molecular flexibility index (Phi) is 3.24. The molecule has 20 heavy (non-hydrogen) atoms. The maximum atomic E-state index is 12.2. The lowest BCUT2D eigenvalue weighted by molar-refractivity contribution is -0.165. The first-order valence-electron chi connectivity index (χ1n) is 7.97. The summed E-state index contributed by atoms with van der Waals surface area (Å²) in [6.45, 7) is 4.33. The molecule has 2 saturated carbocycles. The molecule has 0 aromatic rings. The van der Waals surface area contributed by atoms with Gasteiger partial charge in [-0.2, -0.15) is 0 Å². The van der Waals surface area contributed by atoms with Crippen molar-refractivity contribution in [2.75, 3.05) is 0 Å². The van der Waals surface area contributed by atoms with Crippen LogP contribution in [0.5, 0.6) is 0 Å². The van der Waals surface area contributed by atoms with Gasteiger partial charge < -0.3 is 10.2 Å². The van der Waals surface area contributed by atoms with Crippen molar-refractivity contribution >= 4 is 5.97 Å². The Balaban J connectivity index is 1.91. The van der Waals surface area contributed by atoms with Crippen LogP contribution in [0.2, 0.25) is 0 Å². The third-order valence-corrected chi connectivity index (χ3v) is 6.64. The number of aliphatic hydroxyl groups excluding tert-OH is 1. The minimum atomic E-state index is -0.606. The van der Waals surface area contributed by atoms with Gasteiger partial charge in [-0.05, 0) is 61.7 Å². The first-order valence-corrected chi connectivity index (χ1v) is 7.97. The van der Waals surface area contributed by atoms with Crippen molar-refractivity contribution in [3.05, 3.63) is 12.2 Å². The molecule has 3 unspecified atom stereocenters. The Labute approximate surface area is 121 Å². The summed E-state index contributed by atoms with van der Waals surface area (Å²) in [5.74, 6) is 0.469. The second-order valence-electron chi connectivity index (χ2n) is 7.69. The van der Waals surface area contributed by atoms with Crippen LogP contribution < -0.4 is 0 Å². The molecule has 0 heterocycles. The number of fused-ring (bicyclic) bond motifs is 2. The molecule has 3 heteroatoms. The standard InChI is InChI=1S/C17H26O3/c1-16(2,12-5-7-14(18)8-6-12)17(15(19)20)10-11-3-4-13(17)9-11/h3-4,11-14,18H,5-10H2,1-2H3,(H,19,20). The van der Waals surface area contributed by atoms with E-state index in [1.807, 2.05) is 0 Å². The fourth-order valence-corrected chi connectivity index (χ4v) is 5.28. The van der Waals surface area contributed by atoms with Gasteiger partial charge in [0.25, 0.3) is 0 Å². The normalized spacial score (nSPS) is 44.0. The summed E-state index contributed by atoms with van der Waals surface area (Å²) in [7, 11) is 0. The number of aliphatic hydroxyl groups is 1. The van der Waals surface area contributed by atoms with E-state index in [1.165, 1.54) is 0 Å². The highest BCUT2D eigenvalue weighted by Crippen LogP contribution is 2.64. The third kappa shape index (κ3) is 1.78. The average Bonchev–Trinajstić information content (AvgIpc) is 3.00. The van der Waals surface area contributed by atoms with Crippen LogP contribution in [-0.2, 0) is 4.79 Å². The molecule has 112 valence electrons. The van der Waals surface area contributed by atoms with E-state index in [0.717, 1.165) is 38.5 Å². The van der Waals surface area contributed by atoms with Crippen molar-refractivity contribution in [1.82, 2.24) is 0 Å². The zero-order chi connectivity index (χ0) is 14.5. The van der Waals surface area contributed by atoms with E-state index in [2.05, 4.69) is 26.0 Å². The Morgan fingerprint density at radius 1 is 1.20 bits per heavy atom. The maximum absolute atomic E-state index is 12.2. The molecule has 0 amide bonds. The summed E-state index contributed by atoms with van der Waals surface area (Å²) in [4.78, 5) is 12.2. The average molecular weight is 278 g/mol. The molecule has 2 fully saturated rings. The highest BCUT2D eigenvalue weighted by atomic mass is 16.4. The van der Waals surface area contributed by atoms with Crippen LogP contribution in [0.25, 0.3) is 0 Å². The Bertz CT molecular complexity index is 432. The molecule has 3 aliphatic carbocycles. The number of rotatable bonds is 3. The molecule has 3 aliphatic rings. The first kappa shape index (κ1) is 14.1. The van der Waals surface area contributed by atoms with Crippen molar-refractivity contribution < 1.29 is 15.0 Å². The minimum absolute atomic E-state index is 0.178. The summed E-state index contributed by atoms with van der Waals surface area (Å²) < 4.78 is 0. The topological polar surface area (TPSA) is 57.5 Å². The van der Waals surface area contributed by atoms with E-state index in [-0.39, 0.29) is 17.4 Å². The van der Waals surface area contributed by atoms with Crippen molar-refractivity contribution in [2.24, 2.45) is 28.6 Å². The van der Waals surface area contributed by atoms with E-state index < -0.39 is 11.4 Å². The molecule has 3 rings (SSSR count). The van der Waals surface area contributed by atoms with Crippen molar-refractivity contribution in [3.8, 4) is 0 Å². The maximum Gasteiger partial charge on any atom is 0.310 e. The fraction of sp³-hybridized carbons (Fsp3) is 0.824. The summed E-state index contributed by atoms with van der Waals surface area (Å²) in [6, 6.07) is 0. The molecule has 0 aromatic heterocycles. The van der Waals surface area contributed by atoms with Crippen molar-refractivity contribution in [2.45, 2.75) is 58.5 Å². The second-order valence-corrected chi connectivity index (χ2v) is 7.69. The lowest BCUT2D eigenvalue weighted by atomic mass is 9.52. The zero-order valence-corrected chi connectivity index (χ0v) is 12.5. The van der Waals surface area contributed by atoms with Crippen LogP contribution in [0.3, 0.4) is 0 Å². The monoisotopic (exact) mass is 278 g/mol. The van der Waals surface area contributed by atoms with E-state index in [1.54, 1.807) is 0 Å². The van der Waals surface area contributed by atoms with E-state index >= 15 is 0 Å². The molecule has 0 radical (unpaired) electrons. The van der Waals surface area contributed by atoms with Crippen LogP contribution in [-0.4, -0.2) is 22.3 Å². The molecule has 3 atom stereocenters. The van der Waals surface area contributed by atoms with Crippen LogP contribution in [0.15, 0.2) is 12.2 Å². The quantitative estimate of drug-likeness (QED) is 0.779. The summed E-state index contributed by atoms with van der Waals surface area (Å²) >= 11 is 0. The van der Waals surface area contributed by atoms with Gasteiger partial charge in [0.05, 0.1) is 11.5 Å². The molecular formula is C17H26O3. The van der Waals surface area contributed by atoms with E-state index in [0.29, 0.717) is 11.8 Å².